The second-order valence-corrected chi connectivity index (χ2v) is 5.43. The van der Waals surface area contributed by atoms with Crippen LogP contribution in [-0.2, 0) is 0 Å². The van der Waals surface area contributed by atoms with Crippen LogP contribution in [0.5, 0.6) is 0 Å². The third-order valence-electron chi connectivity index (χ3n) is 3.74. The minimum absolute atomic E-state index is 0.101. The molecule has 1 aliphatic heterocycles. The molecule has 1 saturated heterocycles. The number of halogens is 1. The number of nitrogens with one attached hydrogen (secondary N) is 2. The molecule has 2 unspecified atom stereocenters. The number of carbonyl (C=O) groups is 1. The molecule has 2 aromatic rings. The zero-order chi connectivity index (χ0) is 14.8. The lowest BCUT2D eigenvalue weighted by molar-refractivity contribution is 0.0926. The molecule has 0 spiro atoms. The van der Waals surface area contributed by atoms with Crippen molar-refractivity contribution in [3.05, 3.63) is 35.9 Å². The van der Waals surface area contributed by atoms with Crippen molar-refractivity contribution in [1.29, 1.82) is 0 Å². The van der Waals surface area contributed by atoms with Crippen LogP contribution in [0.1, 0.15) is 30.1 Å². The van der Waals surface area contributed by atoms with Gasteiger partial charge in [0.2, 0.25) is 0 Å². The van der Waals surface area contributed by atoms with Crippen LogP contribution in [0, 0.1) is 5.82 Å². The van der Waals surface area contributed by atoms with Gasteiger partial charge in [-0.05, 0) is 32.4 Å². The van der Waals surface area contributed by atoms with Gasteiger partial charge in [-0.15, -0.1) is 0 Å². The van der Waals surface area contributed by atoms with Crippen molar-refractivity contribution >= 4 is 16.9 Å². The number of nitrogens with zero attached hydrogens (tertiary/aromatic N) is 2. The van der Waals surface area contributed by atoms with Crippen molar-refractivity contribution in [2.45, 2.75) is 31.8 Å². The molecule has 2 atom stereocenters. The number of rotatable bonds is 2. The van der Waals surface area contributed by atoms with Gasteiger partial charge >= 0.3 is 0 Å². The van der Waals surface area contributed by atoms with E-state index in [1.54, 1.807) is 0 Å². The number of benzene rings is 1. The fourth-order valence-electron chi connectivity index (χ4n) is 2.74. The quantitative estimate of drug-likeness (QED) is 0.881. The van der Waals surface area contributed by atoms with E-state index in [1.165, 1.54) is 24.5 Å². The molecule has 1 aliphatic rings. The summed E-state index contributed by atoms with van der Waals surface area (Å²) in [5.41, 5.74) is 1.06. The lowest BCUT2D eigenvalue weighted by Gasteiger charge is -2.28. The van der Waals surface area contributed by atoms with E-state index in [-0.39, 0.29) is 17.5 Å². The third kappa shape index (κ3) is 3.00. The summed E-state index contributed by atoms with van der Waals surface area (Å²) in [5.74, 6) is -0.772. The zero-order valence-corrected chi connectivity index (χ0v) is 11.8. The average molecular weight is 288 g/mol. The first kappa shape index (κ1) is 13.9. The van der Waals surface area contributed by atoms with Crippen LogP contribution in [-0.4, -0.2) is 34.5 Å². The molecule has 1 amide bonds. The van der Waals surface area contributed by atoms with E-state index in [9.17, 15) is 9.18 Å². The predicted octanol–water partition coefficient (Wildman–Crippen LogP) is 1.64. The minimum Gasteiger partial charge on any atom is -0.349 e. The minimum atomic E-state index is -0.480. The Hall–Kier alpha value is -2.08. The van der Waals surface area contributed by atoms with Crippen LogP contribution in [0.25, 0.3) is 11.0 Å². The number of aromatic nitrogens is 2. The average Bonchev–Trinajstić information content (AvgIpc) is 2.46. The molecule has 1 fully saturated rings. The van der Waals surface area contributed by atoms with Crippen molar-refractivity contribution in [2.75, 3.05) is 6.54 Å². The molecule has 2 N–H and O–H groups in total. The van der Waals surface area contributed by atoms with Crippen LogP contribution in [0.4, 0.5) is 4.39 Å². The Balaban J connectivity index is 1.87. The molecule has 0 aliphatic carbocycles. The third-order valence-corrected chi connectivity index (χ3v) is 3.74. The maximum atomic E-state index is 13.6. The summed E-state index contributed by atoms with van der Waals surface area (Å²) in [5, 5.41) is 6.30. The summed E-state index contributed by atoms with van der Waals surface area (Å²) in [6.45, 7) is 2.96. The first-order valence-corrected chi connectivity index (χ1v) is 7.08. The van der Waals surface area contributed by atoms with Crippen LogP contribution in [0.3, 0.4) is 0 Å². The van der Waals surface area contributed by atoms with E-state index < -0.39 is 5.82 Å². The lowest BCUT2D eigenvalue weighted by Crippen LogP contribution is -2.46. The van der Waals surface area contributed by atoms with Gasteiger partial charge in [0.05, 0.1) is 11.1 Å². The van der Waals surface area contributed by atoms with Crippen LogP contribution in [0.15, 0.2) is 24.5 Å². The Labute approximate surface area is 122 Å². The number of hydrogen-bond acceptors (Lipinski definition) is 4. The highest BCUT2D eigenvalue weighted by atomic mass is 19.1. The van der Waals surface area contributed by atoms with Gasteiger partial charge in [-0.1, -0.05) is 0 Å². The summed E-state index contributed by atoms with van der Waals surface area (Å²) >= 11 is 0. The Kier molecular flexibility index (Phi) is 3.79. The van der Waals surface area contributed by atoms with Gasteiger partial charge in [-0.3, -0.25) is 14.8 Å². The number of amides is 1. The summed E-state index contributed by atoms with van der Waals surface area (Å²) in [6.07, 6.45) is 4.72. The van der Waals surface area contributed by atoms with Gasteiger partial charge in [-0.2, -0.15) is 0 Å². The standard InChI is InChI=1S/C15H17FN4O/c1-9-6-11(2-3-17-9)20-15(21)12-7-10(16)8-13-14(12)19-5-4-18-13/h4-5,7-9,11,17H,2-3,6H2,1H3,(H,20,21). The topological polar surface area (TPSA) is 66.9 Å². The van der Waals surface area contributed by atoms with Gasteiger partial charge < -0.3 is 10.6 Å². The molecule has 0 radical (unpaired) electrons. The summed E-state index contributed by atoms with van der Waals surface area (Å²) in [6, 6.07) is 2.97. The van der Waals surface area contributed by atoms with E-state index in [2.05, 4.69) is 27.5 Å². The highest BCUT2D eigenvalue weighted by Crippen LogP contribution is 2.17. The molecular weight excluding hydrogens is 271 g/mol. The lowest BCUT2D eigenvalue weighted by atomic mass is 10.00. The predicted molar refractivity (Wildman–Crippen MR) is 77.4 cm³/mol. The van der Waals surface area contributed by atoms with E-state index in [1.807, 2.05) is 0 Å². The maximum Gasteiger partial charge on any atom is 0.253 e. The van der Waals surface area contributed by atoms with Gasteiger partial charge in [0.25, 0.3) is 5.91 Å². The van der Waals surface area contributed by atoms with Crippen molar-refractivity contribution in [1.82, 2.24) is 20.6 Å². The Morgan fingerprint density at radius 2 is 2.19 bits per heavy atom. The fourth-order valence-corrected chi connectivity index (χ4v) is 2.74. The monoisotopic (exact) mass is 288 g/mol. The smallest absolute Gasteiger partial charge is 0.253 e. The molecule has 2 heterocycles. The van der Waals surface area contributed by atoms with Crippen molar-refractivity contribution < 1.29 is 9.18 Å². The Bertz CT molecular complexity index is 676. The highest BCUT2D eigenvalue weighted by molar-refractivity contribution is 6.04. The Morgan fingerprint density at radius 1 is 1.38 bits per heavy atom. The van der Waals surface area contributed by atoms with Crippen molar-refractivity contribution in [2.24, 2.45) is 0 Å². The van der Waals surface area contributed by atoms with Gasteiger partial charge in [0.1, 0.15) is 11.3 Å². The molecule has 5 nitrogen and oxygen atoms in total. The molecule has 3 rings (SSSR count). The molecular formula is C15H17FN4O. The van der Waals surface area contributed by atoms with Crippen LogP contribution < -0.4 is 10.6 Å². The number of fused-ring (bicyclic) bond motifs is 1. The zero-order valence-electron chi connectivity index (χ0n) is 11.8. The molecule has 0 bridgehead atoms. The number of carbonyl (C=O) groups excluding carboxylic acids is 1. The summed E-state index contributed by atoms with van der Waals surface area (Å²) in [7, 11) is 0. The van der Waals surface area contributed by atoms with E-state index in [4.69, 9.17) is 0 Å². The van der Waals surface area contributed by atoms with Gasteiger partial charge in [0, 0.05) is 30.5 Å². The maximum absolute atomic E-state index is 13.6. The summed E-state index contributed by atoms with van der Waals surface area (Å²) < 4.78 is 13.6. The van der Waals surface area contributed by atoms with Crippen LogP contribution in [0.2, 0.25) is 0 Å². The molecule has 6 heteroatoms. The summed E-state index contributed by atoms with van der Waals surface area (Å²) in [4.78, 5) is 20.6. The van der Waals surface area contributed by atoms with E-state index >= 15 is 0 Å². The van der Waals surface area contributed by atoms with Crippen molar-refractivity contribution in [3.8, 4) is 0 Å². The van der Waals surface area contributed by atoms with Crippen molar-refractivity contribution in [3.63, 3.8) is 0 Å². The number of piperidine rings is 1. The molecule has 1 aromatic heterocycles. The molecule has 110 valence electrons. The largest absolute Gasteiger partial charge is 0.349 e. The second-order valence-electron chi connectivity index (χ2n) is 5.43. The SMILES string of the molecule is CC1CC(NC(=O)c2cc(F)cc3nccnc23)CCN1. The first-order valence-electron chi connectivity index (χ1n) is 7.08. The first-order chi connectivity index (χ1) is 10.1. The molecule has 0 saturated carbocycles. The molecule has 1 aromatic carbocycles. The van der Waals surface area contributed by atoms with Gasteiger partial charge in [-0.25, -0.2) is 4.39 Å². The van der Waals surface area contributed by atoms with E-state index in [0.717, 1.165) is 19.4 Å². The molecule has 21 heavy (non-hydrogen) atoms. The highest BCUT2D eigenvalue weighted by Gasteiger charge is 2.22. The van der Waals surface area contributed by atoms with Gasteiger partial charge in [0.15, 0.2) is 0 Å². The Morgan fingerprint density at radius 3 is 3.00 bits per heavy atom. The fraction of sp³-hybridized carbons (Fsp3) is 0.400. The van der Waals surface area contributed by atoms with Crippen LogP contribution >= 0.6 is 0 Å². The normalized spacial score (nSPS) is 22.2. The number of hydrogen-bond donors (Lipinski definition) is 2. The second kappa shape index (κ2) is 5.73. The van der Waals surface area contributed by atoms with E-state index in [0.29, 0.717) is 17.1 Å².